The van der Waals surface area contributed by atoms with Crippen molar-refractivity contribution in [3.63, 3.8) is 0 Å². The topological polar surface area (TPSA) is 54.3 Å². The number of hydrogen-bond acceptors (Lipinski definition) is 4. The second kappa shape index (κ2) is 9.80. The molecule has 0 aromatic carbocycles. The van der Waals surface area contributed by atoms with Gasteiger partial charge in [-0.25, -0.2) is 0 Å². The van der Waals surface area contributed by atoms with Crippen LogP contribution in [0.5, 0.6) is 0 Å². The lowest BCUT2D eigenvalue weighted by Gasteiger charge is -2.45. The molecule has 1 aliphatic heterocycles. The van der Waals surface area contributed by atoms with E-state index in [1.165, 1.54) is 6.42 Å². The predicted molar refractivity (Wildman–Crippen MR) is 136 cm³/mol. The van der Waals surface area contributed by atoms with Crippen molar-refractivity contribution >= 4 is 45.1 Å². The molecule has 2 aromatic rings. The second-order valence-electron chi connectivity index (χ2n) is 9.83. The van der Waals surface area contributed by atoms with Crippen LogP contribution in [0.3, 0.4) is 0 Å². The van der Waals surface area contributed by atoms with Crippen LogP contribution >= 0.6 is 23.1 Å². The van der Waals surface area contributed by atoms with Crippen molar-refractivity contribution < 1.29 is 9.59 Å². The summed E-state index contributed by atoms with van der Waals surface area (Å²) in [6, 6.07) is 4.26. The first-order valence-electron chi connectivity index (χ1n) is 12.1. The maximum Gasteiger partial charge on any atom is 0.271 e. The SMILES string of the molecule is CCCSCCCN1C(=O)c2cc3sccc3n2C[C@]1(C)C(=O)N[C@@H]1CCC[C@@H](C)[C@H]1C. The lowest BCUT2D eigenvalue weighted by molar-refractivity contribution is -0.134. The highest BCUT2D eigenvalue weighted by atomic mass is 32.2. The fraction of sp³-hybridized carbons (Fsp3) is 0.680. The summed E-state index contributed by atoms with van der Waals surface area (Å²) in [4.78, 5) is 29.3. The van der Waals surface area contributed by atoms with Crippen LogP contribution in [0, 0.1) is 11.8 Å². The maximum absolute atomic E-state index is 13.8. The zero-order valence-corrected chi connectivity index (χ0v) is 21.5. The number of hydrogen-bond donors (Lipinski definition) is 1. The van der Waals surface area contributed by atoms with E-state index in [0.29, 0.717) is 24.9 Å². The highest BCUT2D eigenvalue weighted by molar-refractivity contribution is 7.99. The minimum Gasteiger partial charge on any atom is -0.351 e. The number of carbonyl (C=O) groups is 2. The van der Waals surface area contributed by atoms with Gasteiger partial charge in [-0.2, -0.15) is 11.8 Å². The normalized spacial score (nSPS) is 28.2. The number of thioether (sulfide) groups is 1. The Kier molecular flexibility index (Phi) is 7.25. The molecule has 1 N–H and O–H groups in total. The summed E-state index contributed by atoms with van der Waals surface area (Å²) < 4.78 is 3.19. The fourth-order valence-electron chi connectivity index (χ4n) is 5.30. The molecule has 1 fully saturated rings. The summed E-state index contributed by atoms with van der Waals surface area (Å²) in [7, 11) is 0. The maximum atomic E-state index is 13.8. The number of nitrogens with zero attached hydrogens (tertiary/aromatic N) is 2. The zero-order chi connectivity index (χ0) is 22.9. The van der Waals surface area contributed by atoms with Crippen molar-refractivity contribution in [1.82, 2.24) is 14.8 Å². The lowest BCUT2D eigenvalue weighted by Crippen LogP contribution is -2.65. The number of nitrogens with one attached hydrogen (secondary N) is 1. The predicted octanol–water partition coefficient (Wildman–Crippen LogP) is 5.39. The van der Waals surface area contributed by atoms with E-state index in [1.807, 2.05) is 29.7 Å². The molecule has 1 saturated carbocycles. The molecule has 1 aliphatic carbocycles. The molecule has 32 heavy (non-hydrogen) atoms. The van der Waals surface area contributed by atoms with Crippen LogP contribution < -0.4 is 5.32 Å². The van der Waals surface area contributed by atoms with Gasteiger partial charge < -0.3 is 14.8 Å². The third-order valence-corrected chi connectivity index (χ3v) is 9.71. The summed E-state index contributed by atoms with van der Waals surface area (Å²) in [6.45, 7) is 9.83. The smallest absolute Gasteiger partial charge is 0.271 e. The number of aromatic nitrogens is 1. The first-order valence-corrected chi connectivity index (χ1v) is 14.2. The number of rotatable bonds is 8. The Morgan fingerprint density at radius 2 is 2.12 bits per heavy atom. The van der Waals surface area contributed by atoms with E-state index < -0.39 is 5.54 Å². The molecule has 0 radical (unpaired) electrons. The lowest BCUT2D eigenvalue weighted by atomic mass is 9.77. The zero-order valence-electron chi connectivity index (χ0n) is 19.9. The van der Waals surface area contributed by atoms with Crippen LogP contribution in [-0.2, 0) is 11.3 Å². The molecular weight excluding hydrogens is 438 g/mol. The van der Waals surface area contributed by atoms with Gasteiger partial charge in [0.25, 0.3) is 5.91 Å². The Labute approximate surface area is 200 Å². The Hall–Kier alpha value is -1.47. The van der Waals surface area contributed by atoms with Crippen molar-refractivity contribution in [3.05, 3.63) is 23.2 Å². The van der Waals surface area contributed by atoms with E-state index in [2.05, 4.69) is 42.1 Å². The molecule has 4 rings (SSSR count). The molecule has 3 heterocycles. The highest BCUT2D eigenvalue weighted by Gasteiger charge is 2.48. The first-order chi connectivity index (χ1) is 15.4. The van der Waals surface area contributed by atoms with Crippen molar-refractivity contribution in [2.75, 3.05) is 18.1 Å². The number of amides is 2. The van der Waals surface area contributed by atoms with Gasteiger partial charge in [-0.15, -0.1) is 11.3 Å². The summed E-state index contributed by atoms with van der Waals surface area (Å²) in [6.07, 6.45) is 5.48. The molecule has 0 saturated heterocycles. The van der Waals surface area contributed by atoms with Gasteiger partial charge in [0, 0.05) is 12.6 Å². The minimum atomic E-state index is -0.881. The second-order valence-corrected chi connectivity index (χ2v) is 12.0. The van der Waals surface area contributed by atoms with Gasteiger partial charge >= 0.3 is 0 Å². The van der Waals surface area contributed by atoms with Crippen LogP contribution in [0.4, 0.5) is 0 Å². The van der Waals surface area contributed by atoms with Gasteiger partial charge in [0.1, 0.15) is 11.2 Å². The molecule has 0 spiro atoms. The standard InChI is InChI=1S/C25H37N3O2S2/c1-5-12-31-13-7-11-28-23(29)21-15-22-20(10-14-32-22)27(21)16-25(28,4)24(30)26-19-9-6-8-17(2)18(19)3/h10,14-15,17-19H,5-9,11-13,16H2,1-4H3,(H,26,30)/t17-,18-,19-,25-/m1/s1. The Balaban J connectivity index is 1.60. The summed E-state index contributed by atoms with van der Waals surface area (Å²) in [5, 5.41) is 5.44. The third kappa shape index (κ3) is 4.35. The third-order valence-electron chi connectivity index (χ3n) is 7.58. The van der Waals surface area contributed by atoms with E-state index in [4.69, 9.17) is 0 Å². The number of fused-ring (bicyclic) bond motifs is 3. The molecule has 4 atom stereocenters. The summed E-state index contributed by atoms with van der Waals surface area (Å²) >= 11 is 3.58. The molecule has 2 amide bonds. The van der Waals surface area contributed by atoms with Gasteiger partial charge in [-0.3, -0.25) is 9.59 Å². The van der Waals surface area contributed by atoms with E-state index in [9.17, 15) is 9.59 Å². The van der Waals surface area contributed by atoms with E-state index in [1.54, 1.807) is 11.3 Å². The van der Waals surface area contributed by atoms with Crippen LogP contribution in [0.25, 0.3) is 10.2 Å². The van der Waals surface area contributed by atoms with Crippen LogP contribution in [-0.4, -0.2) is 50.9 Å². The van der Waals surface area contributed by atoms with Crippen molar-refractivity contribution in [1.29, 1.82) is 0 Å². The Bertz CT molecular complexity index is 968. The van der Waals surface area contributed by atoms with Crippen molar-refractivity contribution in [3.8, 4) is 0 Å². The molecular formula is C25H37N3O2S2. The van der Waals surface area contributed by atoms with Gasteiger partial charge in [-0.1, -0.05) is 33.6 Å². The molecule has 0 unspecified atom stereocenters. The highest BCUT2D eigenvalue weighted by Crippen LogP contribution is 2.35. The van der Waals surface area contributed by atoms with E-state index in [0.717, 1.165) is 53.1 Å². The van der Waals surface area contributed by atoms with Gasteiger partial charge in [-0.05, 0) is 67.0 Å². The quantitative estimate of drug-likeness (QED) is 0.521. The number of thiophene rings is 1. The monoisotopic (exact) mass is 475 g/mol. The van der Waals surface area contributed by atoms with Gasteiger partial charge in [0.05, 0.1) is 16.8 Å². The molecule has 5 nitrogen and oxygen atoms in total. The largest absolute Gasteiger partial charge is 0.351 e. The molecule has 2 aromatic heterocycles. The van der Waals surface area contributed by atoms with Crippen molar-refractivity contribution in [2.24, 2.45) is 11.8 Å². The average molecular weight is 476 g/mol. The first kappa shape index (κ1) is 23.7. The van der Waals surface area contributed by atoms with Crippen molar-refractivity contribution in [2.45, 2.75) is 77.9 Å². The number of carbonyl (C=O) groups excluding carboxylic acids is 2. The Morgan fingerprint density at radius 3 is 2.91 bits per heavy atom. The van der Waals surface area contributed by atoms with Gasteiger partial charge in [0.15, 0.2) is 0 Å². The molecule has 7 heteroatoms. The molecule has 2 aliphatic rings. The average Bonchev–Trinajstić information content (AvgIpc) is 3.36. The van der Waals surface area contributed by atoms with E-state index >= 15 is 0 Å². The molecule has 0 bridgehead atoms. The minimum absolute atomic E-state index is 0.000686. The van der Waals surface area contributed by atoms with Crippen LogP contribution in [0.1, 0.15) is 70.3 Å². The summed E-state index contributed by atoms with van der Waals surface area (Å²) in [5.74, 6) is 3.22. The van der Waals surface area contributed by atoms with E-state index in [-0.39, 0.29) is 17.9 Å². The molecule has 176 valence electrons. The van der Waals surface area contributed by atoms with Crippen LogP contribution in [0.2, 0.25) is 0 Å². The summed E-state index contributed by atoms with van der Waals surface area (Å²) in [5.41, 5.74) is 0.904. The van der Waals surface area contributed by atoms with Gasteiger partial charge in [0.2, 0.25) is 5.91 Å². The van der Waals surface area contributed by atoms with Crippen LogP contribution in [0.15, 0.2) is 17.5 Å². The Morgan fingerprint density at radius 1 is 1.31 bits per heavy atom. The fourth-order valence-corrected chi connectivity index (χ4v) is 6.95.